The van der Waals surface area contributed by atoms with Crippen molar-refractivity contribution in [3.63, 3.8) is 0 Å². The summed E-state index contributed by atoms with van der Waals surface area (Å²) in [6.45, 7) is 10.5. The minimum atomic E-state index is -3.95. The molecule has 0 bridgehead atoms. The second-order valence-electron chi connectivity index (χ2n) is 23.8. The average molecular weight is 1320 g/mol. The zero-order chi connectivity index (χ0) is 65.6. The summed E-state index contributed by atoms with van der Waals surface area (Å²) in [5.41, 5.74) is 11.7. The summed E-state index contributed by atoms with van der Waals surface area (Å²) in [6.07, 6.45) is 20.0. The maximum atomic E-state index is 14.1. The molecule has 7 aromatic heterocycles. The highest BCUT2D eigenvalue weighted by atomic mass is 32.2. The lowest BCUT2D eigenvalue weighted by Gasteiger charge is -2.21. The Hall–Kier alpha value is -9.62. The van der Waals surface area contributed by atoms with E-state index in [4.69, 9.17) is 0 Å². The third-order valence-electron chi connectivity index (χ3n) is 17.7. The molecule has 15 rings (SSSR count). The number of para-hydroxylation sites is 4. The van der Waals surface area contributed by atoms with Gasteiger partial charge in [0.05, 0.1) is 63.8 Å². The van der Waals surface area contributed by atoms with Gasteiger partial charge in [0.25, 0.3) is 30.1 Å². The molecule has 0 spiro atoms. The van der Waals surface area contributed by atoms with Crippen LogP contribution in [0.2, 0.25) is 0 Å². The number of pyridine rings is 1. The highest BCUT2D eigenvalue weighted by Crippen LogP contribution is 2.38. The average Bonchev–Trinajstić information content (AvgIpc) is 1.60. The maximum absolute atomic E-state index is 14.1. The Morgan fingerprint density at radius 3 is 1.19 bits per heavy atom. The molecule has 3 aliphatic heterocycles. The number of benzene rings is 5. The Labute approximate surface area is 546 Å². The van der Waals surface area contributed by atoms with Crippen LogP contribution in [-0.4, -0.2) is 147 Å². The molecule has 94 heavy (non-hydrogen) atoms. The fourth-order valence-corrected chi connectivity index (χ4v) is 17.0. The number of nitrogens with zero attached hydrogens (tertiary/aromatic N) is 13. The molecule has 10 heterocycles. The first kappa shape index (κ1) is 63.2. The molecule has 23 heteroatoms. The van der Waals surface area contributed by atoms with Gasteiger partial charge in [-0.3, -0.25) is 0 Å². The lowest BCUT2D eigenvalue weighted by atomic mass is 9.99. The van der Waals surface area contributed by atoms with Crippen molar-refractivity contribution < 1.29 is 29.6 Å². The number of fused-ring (bicyclic) bond motifs is 3. The van der Waals surface area contributed by atoms with E-state index in [-0.39, 0.29) is 14.7 Å². The van der Waals surface area contributed by atoms with Gasteiger partial charge in [0, 0.05) is 96.9 Å². The zero-order valence-electron chi connectivity index (χ0n) is 52.9. The predicted octanol–water partition coefficient (Wildman–Crippen LogP) is 11.8. The van der Waals surface area contributed by atoms with Gasteiger partial charge in [-0.15, -0.1) is 0 Å². The van der Waals surface area contributed by atoms with E-state index in [9.17, 15) is 29.6 Å². The van der Waals surface area contributed by atoms with Gasteiger partial charge in [-0.1, -0.05) is 91.0 Å². The Morgan fingerprint density at radius 1 is 0.404 bits per heavy atom. The van der Waals surface area contributed by atoms with E-state index in [1.165, 1.54) is 54.3 Å². The van der Waals surface area contributed by atoms with E-state index in [1.807, 2.05) is 134 Å². The second-order valence-corrected chi connectivity index (χ2v) is 29.2. The van der Waals surface area contributed by atoms with Crippen molar-refractivity contribution in [3.8, 4) is 17.1 Å². The normalized spacial score (nSPS) is 15.3. The van der Waals surface area contributed by atoms with E-state index >= 15 is 0 Å². The van der Waals surface area contributed by atoms with Crippen molar-refractivity contribution in [1.29, 1.82) is 0 Å². The third-order valence-corrected chi connectivity index (χ3v) is 23.0. The number of aromatic nitrogens is 10. The number of likely N-dealkylation sites (N-methyl/N-ethyl adjacent to an activating group) is 3. The van der Waals surface area contributed by atoms with Crippen LogP contribution in [0.3, 0.4) is 0 Å². The Balaban J connectivity index is 0.000000128. The molecule has 0 N–H and O–H groups in total. The van der Waals surface area contributed by atoms with Gasteiger partial charge in [0.2, 0.25) is 0 Å². The molecule has 480 valence electrons. The van der Waals surface area contributed by atoms with Crippen LogP contribution in [0.1, 0.15) is 53.0 Å². The predicted molar refractivity (Wildman–Crippen MR) is 366 cm³/mol. The fraction of sp³-hybridized carbons (Fsp3) is 0.211. The van der Waals surface area contributed by atoms with Crippen molar-refractivity contribution in [1.82, 2.24) is 60.9 Å². The topological polar surface area (TPSA) is 193 Å². The molecule has 0 amide bonds. The van der Waals surface area contributed by atoms with E-state index in [1.54, 1.807) is 59.6 Å². The smallest absolute Gasteiger partial charge is 0.272 e. The van der Waals surface area contributed by atoms with Gasteiger partial charge in [-0.25, -0.2) is 60.6 Å². The van der Waals surface area contributed by atoms with Crippen molar-refractivity contribution in [2.24, 2.45) is 0 Å². The fourth-order valence-electron chi connectivity index (χ4n) is 12.5. The molecule has 0 saturated carbocycles. The van der Waals surface area contributed by atoms with E-state index in [0.29, 0.717) is 39.1 Å². The Bertz CT molecular complexity index is 5080. The molecule has 0 fully saturated rings. The van der Waals surface area contributed by atoms with Gasteiger partial charge >= 0.3 is 0 Å². The largest absolute Gasteiger partial charge is 0.302 e. The van der Waals surface area contributed by atoms with Gasteiger partial charge in [-0.2, -0.15) is 15.3 Å². The summed E-state index contributed by atoms with van der Waals surface area (Å²) in [5.74, 6) is -0.393. The lowest BCUT2D eigenvalue weighted by Crippen LogP contribution is -2.23. The molecule has 3 aliphatic rings. The summed E-state index contributed by atoms with van der Waals surface area (Å²) in [6, 6.07) is 44.1. The summed E-state index contributed by atoms with van der Waals surface area (Å²) in [5, 5.41) is 15.4. The monoisotopic (exact) mass is 1320 g/mol. The molecular formula is C71H70FN13O6S3. The van der Waals surface area contributed by atoms with Crippen LogP contribution in [0, 0.1) is 26.6 Å². The Morgan fingerprint density at radius 2 is 0.766 bits per heavy atom. The summed E-state index contributed by atoms with van der Waals surface area (Å²) >= 11 is 0. The molecule has 5 aromatic carbocycles. The van der Waals surface area contributed by atoms with Crippen molar-refractivity contribution in [3.05, 3.63) is 247 Å². The first-order valence-corrected chi connectivity index (χ1v) is 35.2. The van der Waals surface area contributed by atoms with Gasteiger partial charge < -0.3 is 14.7 Å². The minimum Gasteiger partial charge on any atom is -0.302 e. The van der Waals surface area contributed by atoms with E-state index in [2.05, 4.69) is 67.3 Å². The lowest BCUT2D eigenvalue weighted by molar-refractivity contribution is 0.370. The summed E-state index contributed by atoms with van der Waals surface area (Å²) < 4.78 is 105. The number of hydrogen-bond acceptors (Lipinski definition) is 13. The van der Waals surface area contributed by atoms with Crippen LogP contribution < -0.4 is 0 Å². The SMILES string of the molecule is Cc1c(S(=O)(=O)n2cc(C3=CCN(C)CC3)c3cc(F)ccc32)cnn1-c1ccccc1.Cc1c(S(=O)(=O)n2cc(C3=CCN(C)CC3)c3ccccc32)cnn1-c1ccccc1.Cc1c(S(=O)(=O)n2cc(C3=CCN(C)CC3)c3cccnc32)cnn1-c1ccccc1. The van der Waals surface area contributed by atoms with Crippen LogP contribution >= 0.6 is 0 Å². The number of rotatable bonds is 12. The molecule has 0 atom stereocenters. The quantitative estimate of drug-likeness (QED) is 0.112. The summed E-state index contributed by atoms with van der Waals surface area (Å²) in [4.78, 5) is 11.6. The van der Waals surface area contributed by atoms with Crippen LogP contribution in [0.25, 0.3) is 66.6 Å². The molecule has 0 unspecified atom stereocenters. The number of halogens is 1. The Kier molecular flexibility index (Phi) is 17.3. The zero-order valence-corrected chi connectivity index (χ0v) is 55.3. The number of hydrogen-bond donors (Lipinski definition) is 0. The van der Waals surface area contributed by atoms with Crippen LogP contribution in [0.4, 0.5) is 4.39 Å². The standard InChI is InChI=1S/C24H23FN4O2S.C24H24N4O2S.C23H23N5O2S/c1-17-24(15-26-29(17)20-6-4-3-5-7-20)32(30,31)28-16-22(18-10-12-27(2)13-11-18)21-14-19(25)8-9-23(21)28;1-18-24(16-25-28(18)20-8-4-3-5-9-20)31(29,30)27-17-22(19-12-14-26(2)15-13-19)21-10-6-7-11-23(21)27;1-17-22(15-25-28(17)19-7-4-3-5-8-19)31(29,30)27-16-21(18-10-13-26(2)14-11-18)20-9-6-12-24-23(20)27/h3-10,14-16H,11-13H2,1-2H3;3-12,16-17H,13-15H2,1-2H3;3-10,12,15-16H,11,13-14H2,1-2H3. The highest BCUT2D eigenvalue weighted by molar-refractivity contribution is 7.90. The van der Waals surface area contributed by atoms with E-state index < -0.39 is 35.9 Å². The molecule has 12 aromatic rings. The van der Waals surface area contributed by atoms with Crippen LogP contribution in [-0.2, 0) is 30.1 Å². The van der Waals surface area contributed by atoms with Crippen LogP contribution in [0.5, 0.6) is 0 Å². The van der Waals surface area contributed by atoms with E-state index in [0.717, 1.165) is 114 Å². The molecule has 0 aliphatic carbocycles. The van der Waals surface area contributed by atoms with Crippen molar-refractivity contribution >= 4 is 79.6 Å². The molecule has 0 radical (unpaired) electrons. The maximum Gasteiger partial charge on any atom is 0.272 e. The van der Waals surface area contributed by atoms with Crippen molar-refractivity contribution in [2.45, 2.75) is 54.7 Å². The molecule has 0 saturated heterocycles. The van der Waals surface area contributed by atoms with Gasteiger partial charge in [0.1, 0.15) is 20.5 Å². The first-order valence-electron chi connectivity index (χ1n) is 30.9. The highest BCUT2D eigenvalue weighted by Gasteiger charge is 2.31. The van der Waals surface area contributed by atoms with Crippen molar-refractivity contribution in [2.75, 3.05) is 60.4 Å². The first-order chi connectivity index (χ1) is 45.3. The van der Waals surface area contributed by atoms with Gasteiger partial charge in [-0.05, 0) is 151 Å². The molecular weight excluding hydrogens is 1250 g/mol. The van der Waals surface area contributed by atoms with Gasteiger partial charge in [0.15, 0.2) is 5.65 Å². The molecule has 19 nitrogen and oxygen atoms in total. The summed E-state index contributed by atoms with van der Waals surface area (Å²) in [7, 11) is -5.44. The second kappa shape index (κ2) is 25.7. The third kappa shape index (κ3) is 11.9. The minimum absolute atomic E-state index is 0.117. The van der Waals surface area contributed by atoms with Crippen LogP contribution in [0.15, 0.2) is 222 Å².